The van der Waals surface area contributed by atoms with Gasteiger partial charge in [-0.3, -0.25) is 4.90 Å². The Morgan fingerprint density at radius 1 is 1.05 bits per heavy atom. The molecule has 1 N–H and O–H groups in total. The first-order valence-electron chi connectivity index (χ1n) is 7.77. The van der Waals surface area contributed by atoms with Crippen LogP contribution in [0.1, 0.15) is 27.7 Å². The summed E-state index contributed by atoms with van der Waals surface area (Å²) in [5.41, 5.74) is 0. The van der Waals surface area contributed by atoms with E-state index in [1.807, 2.05) is 27.7 Å². The molecule has 1 aromatic heterocycles. The minimum Gasteiger partial charge on any atom is -0.494 e. The Morgan fingerprint density at radius 2 is 1.57 bits per heavy atom. The minimum absolute atomic E-state index is 0.221. The Balaban J connectivity index is 0.000000921. The molecule has 21 heavy (non-hydrogen) atoms. The van der Waals surface area contributed by atoms with Gasteiger partial charge in [0.15, 0.2) is 5.75 Å². The third kappa shape index (κ3) is 6.73. The summed E-state index contributed by atoms with van der Waals surface area (Å²) in [4.78, 5) is 12.9. The lowest BCUT2D eigenvalue weighted by Crippen LogP contribution is -2.47. The van der Waals surface area contributed by atoms with Crippen LogP contribution in [0.25, 0.3) is 0 Å². The van der Waals surface area contributed by atoms with E-state index in [2.05, 4.69) is 19.8 Å². The van der Waals surface area contributed by atoms with Gasteiger partial charge in [-0.15, -0.1) is 0 Å². The van der Waals surface area contributed by atoms with Crippen molar-refractivity contribution in [1.29, 1.82) is 0 Å². The van der Waals surface area contributed by atoms with Crippen LogP contribution in [-0.2, 0) is 0 Å². The van der Waals surface area contributed by atoms with Crippen LogP contribution in [0.15, 0.2) is 12.4 Å². The number of aliphatic hydroxyl groups excluding tert-OH is 1. The molecule has 2 rings (SSSR count). The number of methoxy groups -OCH3 is 1. The van der Waals surface area contributed by atoms with Gasteiger partial charge in [0.1, 0.15) is 0 Å². The first kappa shape index (κ1) is 19.6. The van der Waals surface area contributed by atoms with E-state index in [-0.39, 0.29) is 6.61 Å². The highest BCUT2D eigenvalue weighted by Gasteiger charge is 2.18. The largest absolute Gasteiger partial charge is 0.494 e. The van der Waals surface area contributed by atoms with Crippen LogP contribution in [0.2, 0.25) is 0 Å². The maximum Gasteiger partial charge on any atom is 0.225 e. The Kier molecular flexibility index (Phi) is 11.5. The summed E-state index contributed by atoms with van der Waals surface area (Å²) in [6.45, 7) is 12.6. The van der Waals surface area contributed by atoms with E-state index in [1.165, 1.54) is 0 Å². The number of nitrogens with zero attached hydrogens (tertiary/aromatic N) is 4. The number of hydrogen-bond donors (Lipinski definition) is 1. The normalized spacial score (nSPS) is 14.5. The number of rotatable bonds is 4. The Labute approximate surface area is 128 Å². The third-order valence-electron chi connectivity index (χ3n) is 2.92. The highest BCUT2D eigenvalue weighted by Crippen LogP contribution is 2.13. The molecule has 0 bridgehead atoms. The van der Waals surface area contributed by atoms with Crippen LogP contribution in [0.4, 0.5) is 5.95 Å². The van der Waals surface area contributed by atoms with Gasteiger partial charge < -0.3 is 14.7 Å². The lowest BCUT2D eigenvalue weighted by molar-refractivity contribution is 0.188. The van der Waals surface area contributed by atoms with Gasteiger partial charge in [-0.1, -0.05) is 27.7 Å². The zero-order valence-corrected chi connectivity index (χ0v) is 14.0. The van der Waals surface area contributed by atoms with Crippen LogP contribution >= 0.6 is 0 Å². The van der Waals surface area contributed by atoms with Gasteiger partial charge in [-0.05, 0) is 0 Å². The predicted octanol–water partition coefficient (Wildman–Crippen LogP) is 1.65. The minimum atomic E-state index is 0.221. The van der Waals surface area contributed by atoms with Crippen LogP contribution in [0.3, 0.4) is 0 Å². The molecule has 1 aliphatic rings. The molecule has 0 spiro atoms. The zero-order valence-electron chi connectivity index (χ0n) is 14.0. The average Bonchev–Trinajstić information content (AvgIpc) is 2.60. The van der Waals surface area contributed by atoms with Crippen molar-refractivity contribution in [1.82, 2.24) is 14.9 Å². The maximum absolute atomic E-state index is 8.87. The van der Waals surface area contributed by atoms with E-state index in [0.29, 0.717) is 5.75 Å². The van der Waals surface area contributed by atoms with E-state index in [1.54, 1.807) is 19.5 Å². The molecule has 0 saturated carbocycles. The molecule has 2 heterocycles. The number of piperazine rings is 1. The molecule has 6 heteroatoms. The topological polar surface area (TPSA) is 61.7 Å². The Bertz CT molecular complexity index is 338. The third-order valence-corrected chi connectivity index (χ3v) is 2.92. The summed E-state index contributed by atoms with van der Waals surface area (Å²) < 4.78 is 5.03. The van der Waals surface area contributed by atoms with Crippen molar-refractivity contribution in [3.8, 4) is 5.75 Å². The van der Waals surface area contributed by atoms with Gasteiger partial charge in [-0.2, -0.15) is 0 Å². The van der Waals surface area contributed by atoms with Gasteiger partial charge in [0.05, 0.1) is 26.1 Å². The number of hydrogen-bond acceptors (Lipinski definition) is 6. The molecule has 1 fully saturated rings. The van der Waals surface area contributed by atoms with Crippen LogP contribution < -0.4 is 9.64 Å². The standard InChI is InChI=1S/C11H18N4O2.2C2H6/c1-17-10-8-12-11(13-9-10)15-4-2-14(3-5-15)6-7-16;2*1-2/h8-9,16H,2-7H2,1H3;2*1-2H3. The second kappa shape index (κ2) is 12.3. The molecule has 0 atom stereocenters. The van der Waals surface area contributed by atoms with Crippen molar-refractivity contribution >= 4 is 5.95 Å². The van der Waals surface area contributed by atoms with Crippen molar-refractivity contribution < 1.29 is 9.84 Å². The smallest absolute Gasteiger partial charge is 0.225 e. The van der Waals surface area contributed by atoms with E-state index in [0.717, 1.165) is 38.7 Å². The van der Waals surface area contributed by atoms with Gasteiger partial charge in [-0.25, -0.2) is 9.97 Å². The van der Waals surface area contributed by atoms with Gasteiger partial charge in [0, 0.05) is 32.7 Å². The predicted molar refractivity (Wildman–Crippen MR) is 87.0 cm³/mol. The summed E-state index contributed by atoms with van der Waals surface area (Å²) in [5, 5.41) is 8.87. The van der Waals surface area contributed by atoms with E-state index in [4.69, 9.17) is 9.84 Å². The van der Waals surface area contributed by atoms with Gasteiger partial charge in [0.2, 0.25) is 5.95 Å². The molecule has 6 nitrogen and oxygen atoms in total. The molecule has 0 aromatic carbocycles. The van der Waals surface area contributed by atoms with Gasteiger partial charge >= 0.3 is 0 Å². The molecule has 1 saturated heterocycles. The molecule has 1 aliphatic heterocycles. The quantitative estimate of drug-likeness (QED) is 0.912. The second-order valence-corrected chi connectivity index (χ2v) is 3.98. The molecule has 0 unspecified atom stereocenters. The molecule has 122 valence electrons. The Hall–Kier alpha value is -1.40. The van der Waals surface area contributed by atoms with E-state index >= 15 is 0 Å². The Morgan fingerprint density at radius 3 is 2.00 bits per heavy atom. The molecule has 1 aromatic rings. The molecular formula is C15H30N4O2. The zero-order chi connectivity index (χ0) is 16.1. The number of ether oxygens (including phenoxy) is 1. The SMILES string of the molecule is CC.CC.COc1cnc(N2CCN(CCO)CC2)nc1. The van der Waals surface area contributed by atoms with Crippen molar-refractivity contribution in [2.45, 2.75) is 27.7 Å². The first-order valence-corrected chi connectivity index (χ1v) is 7.77. The van der Waals surface area contributed by atoms with Crippen LogP contribution in [-0.4, -0.2) is 66.4 Å². The first-order chi connectivity index (χ1) is 10.3. The highest BCUT2D eigenvalue weighted by molar-refractivity contribution is 5.32. The van der Waals surface area contributed by atoms with Crippen molar-refractivity contribution in [3.63, 3.8) is 0 Å². The van der Waals surface area contributed by atoms with Gasteiger partial charge in [0.25, 0.3) is 0 Å². The monoisotopic (exact) mass is 298 g/mol. The number of β-amino-alcohol motifs (C(OH)–C–C–N with tert-alkyl or cyclic N) is 1. The average molecular weight is 298 g/mol. The number of aromatic nitrogens is 2. The van der Waals surface area contributed by atoms with E-state index in [9.17, 15) is 0 Å². The van der Waals surface area contributed by atoms with Crippen LogP contribution in [0, 0.1) is 0 Å². The number of aliphatic hydroxyl groups is 1. The lowest BCUT2D eigenvalue weighted by Gasteiger charge is -2.34. The molecular weight excluding hydrogens is 268 g/mol. The summed E-state index contributed by atoms with van der Waals surface area (Å²) in [5.74, 6) is 1.42. The molecule has 0 radical (unpaired) electrons. The fraction of sp³-hybridized carbons (Fsp3) is 0.733. The van der Waals surface area contributed by atoms with Crippen molar-refractivity contribution in [3.05, 3.63) is 12.4 Å². The second-order valence-electron chi connectivity index (χ2n) is 3.98. The molecule has 0 aliphatic carbocycles. The van der Waals surface area contributed by atoms with Crippen molar-refractivity contribution in [2.75, 3.05) is 51.3 Å². The summed E-state index contributed by atoms with van der Waals surface area (Å²) in [7, 11) is 1.60. The molecule has 0 amide bonds. The van der Waals surface area contributed by atoms with Crippen LogP contribution in [0.5, 0.6) is 5.75 Å². The fourth-order valence-corrected chi connectivity index (χ4v) is 1.89. The highest BCUT2D eigenvalue weighted by atomic mass is 16.5. The maximum atomic E-state index is 8.87. The lowest BCUT2D eigenvalue weighted by atomic mass is 10.3. The number of anilines is 1. The summed E-state index contributed by atoms with van der Waals surface area (Å²) in [6, 6.07) is 0. The van der Waals surface area contributed by atoms with Crippen molar-refractivity contribution in [2.24, 2.45) is 0 Å². The fourth-order valence-electron chi connectivity index (χ4n) is 1.89. The summed E-state index contributed by atoms with van der Waals surface area (Å²) in [6.07, 6.45) is 3.37. The summed E-state index contributed by atoms with van der Waals surface area (Å²) >= 11 is 0. The van der Waals surface area contributed by atoms with E-state index < -0.39 is 0 Å².